The molecule has 0 bridgehead atoms. The van der Waals surface area contributed by atoms with Crippen molar-refractivity contribution in [1.29, 1.82) is 0 Å². The van der Waals surface area contributed by atoms with Crippen molar-refractivity contribution in [2.45, 2.75) is 64.6 Å². The fourth-order valence-electron chi connectivity index (χ4n) is 1.69. The largest absolute Gasteiger partial charge is 0.393 e. The zero-order valence-electron chi connectivity index (χ0n) is 8.91. The molecule has 1 saturated heterocycles. The Kier molecular flexibility index (Phi) is 3.33. The summed E-state index contributed by atoms with van der Waals surface area (Å²) in [5, 5.41) is 9.47. The second kappa shape index (κ2) is 3.95. The van der Waals surface area contributed by atoms with Crippen LogP contribution in [0.2, 0.25) is 0 Å². The summed E-state index contributed by atoms with van der Waals surface area (Å²) in [6, 6.07) is 0. The maximum atomic E-state index is 9.47. The summed E-state index contributed by atoms with van der Waals surface area (Å²) in [6.45, 7) is 7.77. The van der Waals surface area contributed by atoms with Gasteiger partial charge in [-0.15, -0.1) is 0 Å². The topological polar surface area (TPSA) is 38.7 Å². The second-order valence-electron chi connectivity index (χ2n) is 4.18. The van der Waals surface area contributed by atoms with Gasteiger partial charge in [0.25, 0.3) is 0 Å². The van der Waals surface area contributed by atoms with Crippen molar-refractivity contribution in [3.05, 3.63) is 0 Å². The Morgan fingerprint density at radius 1 is 1.38 bits per heavy atom. The molecule has 1 heterocycles. The van der Waals surface area contributed by atoms with Crippen LogP contribution in [0.4, 0.5) is 0 Å². The molecule has 0 amide bonds. The molecule has 1 N–H and O–H groups in total. The van der Waals surface area contributed by atoms with Gasteiger partial charge in [0.15, 0.2) is 5.79 Å². The van der Waals surface area contributed by atoms with E-state index in [4.69, 9.17) is 9.47 Å². The van der Waals surface area contributed by atoms with Crippen molar-refractivity contribution in [3.63, 3.8) is 0 Å². The first kappa shape index (κ1) is 11.0. The van der Waals surface area contributed by atoms with Crippen molar-refractivity contribution < 1.29 is 14.6 Å². The lowest BCUT2D eigenvalue weighted by Crippen LogP contribution is -2.25. The van der Waals surface area contributed by atoms with Gasteiger partial charge < -0.3 is 14.6 Å². The van der Waals surface area contributed by atoms with Gasteiger partial charge in [0.1, 0.15) is 0 Å². The molecule has 0 aromatic heterocycles. The molecule has 1 aliphatic heterocycles. The molecule has 3 atom stereocenters. The first-order valence-corrected chi connectivity index (χ1v) is 4.98. The molecule has 0 aliphatic carbocycles. The smallest absolute Gasteiger partial charge is 0.163 e. The van der Waals surface area contributed by atoms with Crippen molar-refractivity contribution in [3.8, 4) is 0 Å². The molecule has 0 unspecified atom stereocenters. The highest BCUT2D eigenvalue weighted by atomic mass is 16.7. The average molecular weight is 188 g/mol. The van der Waals surface area contributed by atoms with E-state index in [-0.39, 0.29) is 18.3 Å². The van der Waals surface area contributed by atoms with Crippen LogP contribution in [0.3, 0.4) is 0 Å². The maximum absolute atomic E-state index is 9.47. The van der Waals surface area contributed by atoms with Crippen LogP contribution in [0.1, 0.15) is 40.5 Å². The minimum Gasteiger partial charge on any atom is -0.393 e. The molecule has 1 rings (SSSR count). The van der Waals surface area contributed by atoms with Crippen molar-refractivity contribution >= 4 is 0 Å². The fraction of sp³-hybridized carbons (Fsp3) is 1.00. The number of aliphatic hydroxyl groups excluding tert-OH is 1. The summed E-state index contributed by atoms with van der Waals surface area (Å²) in [6.07, 6.45) is 1.28. The van der Waals surface area contributed by atoms with Gasteiger partial charge in [0.05, 0.1) is 18.3 Å². The van der Waals surface area contributed by atoms with E-state index in [2.05, 4.69) is 0 Å². The highest BCUT2D eigenvalue weighted by Crippen LogP contribution is 2.30. The number of ether oxygens (including phenoxy) is 2. The predicted octanol–water partition coefficient (Wildman–Crippen LogP) is 1.69. The molecule has 0 radical (unpaired) electrons. The van der Waals surface area contributed by atoms with Gasteiger partial charge in [-0.25, -0.2) is 0 Å². The highest BCUT2D eigenvalue weighted by Gasteiger charge is 2.39. The fourth-order valence-corrected chi connectivity index (χ4v) is 1.69. The first-order chi connectivity index (χ1) is 5.94. The third kappa shape index (κ3) is 2.93. The normalized spacial score (nSPS) is 34.8. The average Bonchev–Trinajstić information content (AvgIpc) is 2.24. The Morgan fingerprint density at radius 3 is 2.38 bits per heavy atom. The SMILES string of the molecule is CC[C@@H](O)C[C@@H]1OC(C)(C)O[C@@H]1C. The summed E-state index contributed by atoms with van der Waals surface area (Å²) in [4.78, 5) is 0. The van der Waals surface area contributed by atoms with E-state index in [1.54, 1.807) is 0 Å². The van der Waals surface area contributed by atoms with Crippen LogP contribution in [-0.2, 0) is 9.47 Å². The summed E-state index contributed by atoms with van der Waals surface area (Å²) in [5.74, 6) is -0.489. The van der Waals surface area contributed by atoms with E-state index in [0.29, 0.717) is 6.42 Å². The monoisotopic (exact) mass is 188 g/mol. The van der Waals surface area contributed by atoms with E-state index >= 15 is 0 Å². The van der Waals surface area contributed by atoms with E-state index in [1.165, 1.54) is 0 Å². The molecule has 0 spiro atoms. The van der Waals surface area contributed by atoms with Gasteiger partial charge in [-0.2, -0.15) is 0 Å². The standard InChI is InChI=1S/C10H20O3/c1-5-8(11)6-9-7(2)12-10(3,4)13-9/h7-9,11H,5-6H2,1-4H3/t7-,8-,9+/m1/s1. The van der Waals surface area contributed by atoms with Crippen molar-refractivity contribution in [2.24, 2.45) is 0 Å². The number of rotatable bonds is 3. The van der Waals surface area contributed by atoms with Gasteiger partial charge in [-0.05, 0) is 27.2 Å². The molecular formula is C10H20O3. The van der Waals surface area contributed by atoms with Gasteiger partial charge in [0, 0.05) is 6.42 Å². The van der Waals surface area contributed by atoms with E-state index < -0.39 is 5.79 Å². The lowest BCUT2D eigenvalue weighted by atomic mass is 10.1. The molecule has 1 fully saturated rings. The Morgan fingerprint density at radius 2 is 2.00 bits per heavy atom. The Bertz CT molecular complexity index is 168. The lowest BCUT2D eigenvalue weighted by molar-refractivity contribution is -0.147. The Balaban J connectivity index is 2.44. The molecule has 0 aromatic rings. The Hall–Kier alpha value is -0.120. The molecule has 13 heavy (non-hydrogen) atoms. The van der Waals surface area contributed by atoms with E-state index in [1.807, 2.05) is 27.7 Å². The quantitative estimate of drug-likeness (QED) is 0.732. The van der Waals surface area contributed by atoms with Gasteiger partial charge >= 0.3 is 0 Å². The minimum atomic E-state index is -0.489. The number of aliphatic hydroxyl groups is 1. The van der Waals surface area contributed by atoms with Crippen LogP contribution < -0.4 is 0 Å². The highest BCUT2D eigenvalue weighted by molar-refractivity contribution is 4.79. The first-order valence-electron chi connectivity index (χ1n) is 4.98. The predicted molar refractivity (Wildman–Crippen MR) is 50.4 cm³/mol. The second-order valence-corrected chi connectivity index (χ2v) is 4.18. The molecule has 0 saturated carbocycles. The van der Waals surface area contributed by atoms with Crippen LogP contribution in [0.5, 0.6) is 0 Å². The summed E-state index contributed by atoms with van der Waals surface area (Å²) in [7, 11) is 0. The molecule has 1 aliphatic rings. The molecular weight excluding hydrogens is 168 g/mol. The van der Waals surface area contributed by atoms with E-state index in [0.717, 1.165) is 6.42 Å². The Labute approximate surface area is 80.0 Å². The maximum Gasteiger partial charge on any atom is 0.163 e. The number of hydrogen-bond donors (Lipinski definition) is 1. The minimum absolute atomic E-state index is 0.0324. The third-order valence-corrected chi connectivity index (χ3v) is 2.40. The molecule has 0 aromatic carbocycles. The van der Waals surface area contributed by atoms with Gasteiger partial charge in [0.2, 0.25) is 0 Å². The van der Waals surface area contributed by atoms with Crippen molar-refractivity contribution in [2.75, 3.05) is 0 Å². The van der Waals surface area contributed by atoms with Crippen LogP contribution >= 0.6 is 0 Å². The van der Waals surface area contributed by atoms with Crippen LogP contribution in [0, 0.1) is 0 Å². The summed E-state index contributed by atoms with van der Waals surface area (Å²) in [5.41, 5.74) is 0. The van der Waals surface area contributed by atoms with Crippen molar-refractivity contribution in [1.82, 2.24) is 0 Å². The van der Waals surface area contributed by atoms with E-state index in [9.17, 15) is 5.11 Å². The van der Waals surface area contributed by atoms with Gasteiger partial charge in [-0.1, -0.05) is 6.92 Å². The number of hydrogen-bond acceptors (Lipinski definition) is 3. The van der Waals surface area contributed by atoms with Crippen LogP contribution in [-0.4, -0.2) is 29.2 Å². The molecule has 3 nitrogen and oxygen atoms in total. The zero-order valence-corrected chi connectivity index (χ0v) is 8.91. The van der Waals surface area contributed by atoms with Crippen LogP contribution in [0.15, 0.2) is 0 Å². The zero-order chi connectivity index (χ0) is 10.1. The molecule has 78 valence electrons. The summed E-state index contributed by atoms with van der Waals surface area (Å²) >= 11 is 0. The summed E-state index contributed by atoms with van der Waals surface area (Å²) < 4.78 is 11.2. The van der Waals surface area contributed by atoms with Crippen LogP contribution in [0.25, 0.3) is 0 Å². The lowest BCUT2D eigenvalue weighted by Gasteiger charge is -2.18. The van der Waals surface area contributed by atoms with Gasteiger partial charge in [-0.3, -0.25) is 0 Å². The third-order valence-electron chi connectivity index (χ3n) is 2.40. The molecule has 3 heteroatoms.